The van der Waals surface area contributed by atoms with Gasteiger partial charge in [0.1, 0.15) is 11.2 Å². The molecule has 0 spiro atoms. The number of nitrogens with one attached hydrogen (secondary N) is 1. The summed E-state index contributed by atoms with van der Waals surface area (Å²) >= 11 is 0. The summed E-state index contributed by atoms with van der Waals surface area (Å²) in [7, 11) is 0.790. The molecule has 0 unspecified atom stereocenters. The van der Waals surface area contributed by atoms with Crippen molar-refractivity contribution in [2.75, 3.05) is 10.2 Å². The highest BCUT2D eigenvalue weighted by Gasteiger charge is 2.45. The molecule has 5 aliphatic rings. The zero-order chi connectivity index (χ0) is 52.0. The fourth-order valence-electron chi connectivity index (χ4n) is 15.0. The van der Waals surface area contributed by atoms with Gasteiger partial charge in [-0.25, -0.2) is 0 Å². The predicted molar refractivity (Wildman–Crippen MR) is 318 cm³/mol. The van der Waals surface area contributed by atoms with Gasteiger partial charge in [-0.3, -0.25) is 0 Å². The SMILES string of the molecule is Cc1cc2c(cc1N1c3cc4oc5ccccc5c4cc3Bc3c1cc1c(c3-c3cc4c(cc3Nc3ccc5c(c3)C(C)(C)CCC5(C)C)C(C)(C)CCC4(C)C)-c3ccccc3C1(C)C)C(C)(C)CCC2(C)C. The molecular formula is C70H77BN2O. The largest absolute Gasteiger partial charge is 0.456 e. The van der Waals surface area contributed by atoms with Crippen molar-refractivity contribution < 1.29 is 4.42 Å². The molecule has 0 atom stereocenters. The van der Waals surface area contributed by atoms with Gasteiger partial charge < -0.3 is 14.6 Å². The van der Waals surface area contributed by atoms with Crippen LogP contribution in [0.4, 0.5) is 28.4 Å². The summed E-state index contributed by atoms with van der Waals surface area (Å²) in [4.78, 5) is 2.68. The molecule has 3 nitrogen and oxygen atoms in total. The molecule has 0 bridgehead atoms. The third-order valence-electron chi connectivity index (χ3n) is 20.2. The smallest absolute Gasteiger partial charge is 0.198 e. The van der Waals surface area contributed by atoms with Gasteiger partial charge in [0, 0.05) is 56.3 Å². The van der Waals surface area contributed by atoms with Crippen molar-refractivity contribution in [3.8, 4) is 22.3 Å². The molecule has 13 rings (SSSR count). The van der Waals surface area contributed by atoms with Crippen LogP contribution in [0.15, 0.2) is 114 Å². The van der Waals surface area contributed by atoms with Crippen LogP contribution in [0.5, 0.6) is 0 Å². The Morgan fingerprint density at radius 2 is 0.986 bits per heavy atom. The number of para-hydroxylation sites is 1. The third-order valence-corrected chi connectivity index (χ3v) is 20.2. The number of furan rings is 1. The number of nitrogens with zero attached hydrogens (tertiary/aromatic N) is 1. The number of hydrogen-bond donors (Lipinski definition) is 1. The molecule has 0 fully saturated rings. The molecule has 376 valence electrons. The van der Waals surface area contributed by atoms with Gasteiger partial charge >= 0.3 is 0 Å². The highest BCUT2D eigenvalue weighted by molar-refractivity contribution is 6.74. The van der Waals surface area contributed by atoms with E-state index in [4.69, 9.17) is 4.42 Å². The number of anilines is 5. The van der Waals surface area contributed by atoms with Crippen LogP contribution < -0.4 is 21.1 Å². The quantitative estimate of drug-likeness (QED) is 0.178. The molecule has 0 saturated heterocycles. The minimum absolute atomic E-state index is 0.00214. The maximum Gasteiger partial charge on any atom is 0.198 e. The first-order chi connectivity index (χ1) is 34.8. The Morgan fingerprint density at radius 3 is 1.66 bits per heavy atom. The summed E-state index contributed by atoms with van der Waals surface area (Å²) in [5.41, 5.74) is 29.2. The average molecular weight is 973 g/mol. The first-order valence-electron chi connectivity index (χ1n) is 28.1. The average Bonchev–Trinajstić information content (AvgIpc) is 3.85. The van der Waals surface area contributed by atoms with E-state index in [0.29, 0.717) is 0 Å². The first-order valence-corrected chi connectivity index (χ1v) is 28.1. The van der Waals surface area contributed by atoms with Crippen LogP contribution in [0, 0.1) is 6.92 Å². The molecule has 1 aromatic heterocycles. The molecule has 1 aliphatic heterocycles. The topological polar surface area (TPSA) is 28.4 Å². The molecule has 4 aliphatic carbocycles. The van der Waals surface area contributed by atoms with E-state index in [9.17, 15) is 0 Å². The molecule has 2 heterocycles. The fraction of sp³-hybridized carbons (Fsp3) is 0.400. The van der Waals surface area contributed by atoms with Crippen LogP contribution in [0.1, 0.15) is 186 Å². The van der Waals surface area contributed by atoms with Crippen LogP contribution in [0.2, 0.25) is 0 Å². The molecule has 0 radical (unpaired) electrons. The van der Waals surface area contributed by atoms with Gasteiger partial charge in [0.15, 0.2) is 7.28 Å². The van der Waals surface area contributed by atoms with Crippen molar-refractivity contribution in [3.05, 3.63) is 159 Å². The minimum Gasteiger partial charge on any atom is -0.456 e. The summed E-state index contributed by atoms with van der Waals surface area (Å²) in [5, 5.41) is 6.63. The maximum absolute atomic E-state index is 6.80. The van der Waals surface area contributed by atoms with E-state index in [1.54, 1.807) is 0 Å². The van der Waals surface area contributed by atoms with Crippen molar-refractivity contribution in [1.82, 2.24) is 0 Å². The highest BCUT2D eigenvalue weighted by Crippen LogP contribution is 2.58. The zero-order valence-corrected chi connectivity index (χ0v) is 47.2. The molecule has 4 heteroatoms. The first kappa shape index (κ1) is 47.7. The van der Waals surface area contributed by atoms with Gasteiger partial charge in [0.05, 0.1) is 0 Å². The second-order valence-corrected chi connectivity index (χ2v) is 28.2. The highest BCUT2D eigenvalue weighted by atomic mass is 16.3. The van der Waals surface area contributed by atoms with Gasteiger partial charge in [-0.2, -0.15) is 0 Å². The number of aryl methyl sites for hydroxylation is 1. The third kappa shape index (κ3) is 6.84. The van der Waals surface area contributed by atoms with Crippen molar-refractivity contribution in [2.24, 2.45) is 0 Å². The van der Waals surface area contributed by atoms with Gasteiger partial charge in [0.25, 0.3) is 0 Å². The summed E-state index contributed by atoms with van der Waals surface area (Å²) in [6.45, 7) is 36.9. The summed E-state index contributed by atoms with van der Waals surface area (Å²) in [6.07, 6.45) is 7.03. The molecular weight excluding hydrogens is 896 g/mol. The lowest BCUT2D eigenvalue weighted by molar-refractivity contribution is 0.332. The second-order valence-electron chi connectivity index (χ2n) is 28.2. The maximum atomic E-state index is 6.80. The normalized spacial score (nSPS) is 20.3. The van der Waals surface area contributed by atoms with E-state index in [0.717, 1.165) is 37.7 Å². The van der Waals surface area contributed by atoms with Crippen molar-refractivity contribution in [3.63, 3.8) is 0 Å². The standard InChI is InChI=1S/C70H77BN2O/c1-40-32-48-52(69(12,13)31-28-65(48,4)5)37-56(40)73-57-39-60-44(42-20-17-19-23-59(42)74-60)35-54(57)71-63-58(73)38-53-61(43-21-16-18-22-46(43)70(53,14)15)62(63)45-34-50-51(68(10,11)30-29-67(50,8)9)36-55(45)72-41-24-25-47-49(33-41)66(6,7)27-26-64(47,2)3/h16-25,32-39,71-72H,26-31H2,1-15H3. The van der Waals surface area contributed by atoms with Gasteiger partial charge in [-0.05, 0) is 193 Å². The van der Waals surface area contributed by atoms with E-state index in [1.165, 1.54) is 142 Å². The summed E-state index contributed by atoms with van der Waals surface area (Å²) < 4.78 is 6.80. The number of fused-ring (bicyclic) bond motifs is 11. The Bertz CT molecular complexity index is 3740. The summed E-state index contributed by atoms with van der Waals surface area (Å²) in [6, 6.07) is 43.2. The van der Waals surface area contributed by atoms with Crippen LogP contribution in [0.3, 0.4) is 0 Å². The van der Waals surface area contributed by atoms with E-state index >= 15 is 0 Å². The Kier molecular flexibility index (Phi) is 9.88. The second kappa shape index (κ2) is 15.3. The minimum atomic E-state index is -0.249. The van der Waals surface area contributed by atoms with Gasteiger partial charge in [-0.15, -0.1) is 0 Å². The van der Waals surface area contributed by atoms with Gasteiger partial charge in [0.2, 0.25) is 0 Å². The lowest BCUT2D eigenvalue weighted by atomic mass is 9.56. The number of hydrogen-bond acceptors (Lipinski definition) is 3. The monoisotopic (exact) mass is 973 g/mol. The lowest BCUT2D eigenvalue weighted by Crippen LogP contribution is -2.42. The van der Waals surface area contributed by atoms with E-state index in [1.807, 2.05) is 0 Å². The van der Waals surface area contributed by atoms with Crippen LogP contribution >= 0.6 is 0 Å². The Hall–Kier alpha value is -6.00. The van der Waals surface area contributed by atoms with Crippen LogP contribution in [-0.2, 0) is 37.9 Å². The molecule has 1 N–H and O–H groups in total. The number of benzene rings is 7. The van der Waals surface area contributed by atoms with E-state index < -0.39 is 0 Å². The Balaban J connectivity index is 1.16. The molecule has 8 aromatic rings. The zero-order valence-electron chi connectivity index (χ0n) is 47.2. The lowest BCUT2D eigenvalue weighted by Gasteiger charge is -2.44. The van der Waals surface area contributed by atoms with Crippen molar-refractivity contribution in [1.29, 1.82) is 0 Å². The number of rotatable bonds is 4. The van der Waals surface area contributed by atoms with E-state index in [2.05, 4.69) is 223 Å². The van der Waals surface area contributed by atoms with Gasteiger partial charge in [-0.1, -0.05) is 163 Å². The molecule has 7 aromatic carbocycles. The predicted octanol–water partition coefficient (Wildman–Crippen LogP) is 17.8. The molecule has 74 heavy (non-hydrogen) atoms. The Labute approximate surface area is 442 Å². The summed E-state index contributed by atoms with van der Waals surface area (Å²) in [5.74, 6) is 0. The van der Waals surface area contributed by atoms with Crippen molar-refractivity contribution >= 4 is 68.6 Å². The van der Waals surface area contributed by atoms with Crippen LogP contribution in [0.25, 0.3) is 44.2 Å². The Morgan fingerprint density at radius 1 is 0.432 bits per heavy atom. The fourth-order valence-corrected chi connectivity index (χ4v) is 15.0. The van der Waals surface area contributed by atoms with E-state index in [-0.39, 0.29) is 37.9 Å². The van der Waals surface area contributed by atoms with Crippen LogP contribution in [-0.4, -0.2) is 7.28 Å². The molecule has 0 amide bonds. The molecule has 0 saturated carbocycles. The van der Waals surface area contributed by atoms with Crippen molar-refractivity contribution in [2.45, 2.75) is 180 Å².